The number of phenolic OH excluding ortho intramolecular Hbond substituents is 1. The third-order valence-electron chi connectivity index (χ3n) is 2.87. The van der Waals surface area contributed by atoms with Crippen LogP contribution in [0.1, 0.15) is 18.4 Å². The van der Waals surface area contributed by atoms with Crippen molar-refractivity contribution >= 4 is 5.97 Å². The second-order valence-electron chi connectivity index (χ2n) is 3.94. The van der Waals surface area contributed by atoms with Crippen molar-refractivity contribution in [1.82, 2.24) is 0 Å². The van der Waals surface area contributed by atoms with Gasteiger partial charge in [0, 0.05) is 11.6 Å². The van der Waals surface area contributed by atoms with Gasteiger partial charge in [0.25, 0.3) is 0 Å². The number of ether oxygens (including phenoxy) is 1. The Morgan fingerprint density at radius 3 is 2.47 bits per heavy atom. The summed E-state index contributed by atoms with van der Waals surface area (Å²) in [5.41, 5.74) is -0.820. The van der Waals surface area contributed by atoms with Crippen molar-refractivity contribution in [2.24, 2.45) is 0 Å². The molecule has 0 saturated heterocycles. The van der Waals surface area contributed by atoms with E-state index in [0.717, 1.165) is 6.07 Å². The molecule has 0 unspecified atom stereocenters. The average Bonchev–Trinajstić information content (AvgIpc) is 2.97. The summed E-state index contributed by atoms with van der Waals surface area (Å²) in [6.07, 6.45) is 0.871. The molecule has 4 nitrogen and oxygen atoms in total. The second kappa shape index (κ2) is 3.87. The molecule has 1 aliphatic rings. The van der Waals surface area contributed by atoms with Gasteiger partial charge >= 0.3 is 12.6 Å². The molecule has 1 fully saturated rings. The van der Waals surface area contributed by atoms with E-state index >= 15 is 0 Å². The maximum atomic E-state index is 11.9. The molecule has 0 amide bonds. The first-order valence-corrected chi connectivity index (χ1v) is 4.97. The molecule has 2 N–H and O–H groups in total. The molecule has 0 atom stereocenters. The Hall–Kier alpha value is -1.85. The molecule has 0 heterocycles. The van der Waals surface area contributed by atoms with Gasteiger partial charge in [-0.15, -0.1) is 0 Å². The van der Waals surface area contributed by atoms with Crippen LogP contribution in [0.25, 0.3) is 0 Å². The van der Waals surface area contributed by atoms with Gasteiger partial charge in [-0.1, -0.05) is 6.07 Å². The zero-order valence-electron chi connectivity index (χ0n) is 8.69. The number of hydrogen-bond donors (Lipinski definition) is 2. The van der Waals surface area contributed by atoms with Crippen LogP contribution in [-0.4, -0.2) is 22.8 Å². The van der Waals surface area contributed by atoms with E-state index in [1.165, 1.54) is 12.1 Å². The molecule has 0 aromatic heterocycles. The summed E-state index contributed by atoms with van der Waals surface area (Å²) < 4.78 is 28.0. The number of aliphatic carboxylic acids is 1. The van der Waals surface area contributed by atoms with Gasteiger partial charge < -0.3 is 14.9 Å². The van der Waals surface area contributed by atoms with E-state index in [-0.39, 0.29) is 17.1 Å². The Morgan fingerprint density at radius 1 is 1.41 bits per heavy atom. The largest absolute Gasteiger partial charge is 0.507 e. The summed E-state index contributed by atoms with van der Waals surface area (Å²) in [6.45, 7) is -2.98. The minimum atomic E-state index is -2.98. The average molecular weight is 244 g/mol. The molecular weight excluding hydrogens is 234 g/mol. The fourth-order valence-corrected chi connectivity index (χ4v) is 1.82. The highest BCUT2D eigenvalue weighted by atomic mass is 19.3. The van der Waals surface area contributed by atoms with Gasteiger partial charge in [0.15, 0.2) is 0 Å². The van der Waals surface area contributed by atoms with Crippen molar-refractivity contribution < 1.29 is 28.5 Å². The van der Waals surface area contributed by atoms with Crippen LogP contribution in [0.15, 0.2) is 18.2 Å². The summed E-state index contributed by atoms with van der Waals surface area (Å²) in [5.74, 6) is -1.54. The molecule has 1 aromatic carbocycles. The molecule has 0 aliphatic heterocycles. The first-order valence-electron chi connectivity index (χ1n) is 4.97. The van der Waals surface area contributed by atoms with Crippen LogP contribution in [0, 0.1) is 0 Å². The minimum absolute atomic E-state index is 0.192. The Labute approximate surface area is 95.4 Å². The topological polar surface area (TPSA) is 66.8 Å². The van der Waals surface area contributed by atoms with Crippen LogP contribution in [0.3, 0.4) is 0 Å². The highest BCUT2D eigenvalue weighted by molar-refractivity contribution is 5.86. The van der Waals surface area contributed by atoms with E-state index < -0.39 is 18.0 Å². The first kappa shape index (κ1) is 11.6. The molecular formula is C11H10F2O4. The van der Waals surface area contributed by atoms with E-state index in [4.69, 9.17) is 5.11 Å². The highest BCUT2D eigenvalue weighted by Crippen LogP contribution is 2.51. The number of phenols is 1. The summed E-state index contributed by atoms with van der Waals surface area (Å²) in [5, 5.41) is 18.7. The fraction of sp³-hybridized carbons (Fsp3) is 0.364. The van der Waals surface area contributed by atoms with Crippen LogP contribution in [0.5, 0.6) is 11.5 Å². The number of hydrogen-bond acceptors (Lipinski definition) is 3. The van der Waals surface area contributed by atoms with Crippen LogP contribution in [0.4, 0.5) is 8.78 Å². The van der Waals surface area contributed by atoms with Crippen LogP contribution in [-0.2, 0) is 10.2 Å². The Morgan fingerprint density at radius 2 is 2.06 bits per heavy atom. The van der Waals surface area contributed by atoms with Gasteiger partial charge in [-0.25, -0.2) is 0 Å². The number of halogens is 2. The van der Waals surface area contributed by atoms with Gasteiger partial charge in [-0.2, -0.15) is 8.78 Å². The smallest absolute Gasteiger partial charge is 0.387 e. The van der Waals surface area contributed by atoms with Crippen molar-refractivity contribution in [2.45, 2.75) is 24.9 Å². The van der Waals surface area contributed by atoms with Gasteiger partial charge in [-0.3, -0.25) is 4.79 Å². The van der Waals surface area contributed by atoms with Crippen LogP contribution in [0.2, 0.25) is 0 Å². The van der Waals surface area contributed by atoms with Crippen molar-refractivity contribution in [2.75, 3.05) is 0 Å². The van der Waals surface area contributed by atoms with E-state index in [1.807, 2.05) is 0 Å². The first-order chi connectivity index (χ1) is 7.95. The van der Waals surface area contributed by atoms with E-state index in [0.29, 0.717) is 12.8 Å². The zero-order chi connectivity index (χ0) is 12.6. The molecule has 6 heteroatoms. The van der Waals surface area contributed by atoms with E-state index in [1.54, 1.807) is 0 Å². The lowest BCUT2D eigenvalue weighted by molar-refractivity contribution is -0.140. The lowest BCUT2D eigenvalue weighted by Gasteiger charge is -2.13. The standard InChI is InChI=1S/C11H10F2O4/c12-10(13)17-6-1-2-7(8(14)5-6)11(3-4-11)9(15)16/h1-2,5,10,14H,3-4H2,(H,15,16). The molecule has 1 aromatic rings. The quantitative estimate of drug-likeness (QED) is 0.851. The summed E-state index contributed by atoms with van der Waals surface area (Å²) in [6, 6.07) is 3.54. The number of alkyl halides is 2. The molecule has 17 heavy (non-hydrogen) atoms. The lowest BCUT2D eigenvalue weighted by atomic mass is 9.95. The van der Waals surface area contributed by atoms with Crippen LogP contribution >= 0.6 is 0 Å². The number of carboxylic acids is 1. The van der Waals surface area contributed by atoms with Gasteiger partial charge in [-0.05, 0) is 18.9 Å². The predicted molar refractivity (Wildman–Crippen MR) is 53.3 cm³/mol. The summed E-state index contributed by atoms with van der Waals surface area (Å²) in [7, 11) is 0. The predicted octanol–water partition coefficient (Wildman–Crippen LogP) is 2.11. The number of rotatable bonds is 4. The summed E-state index contributed by atoms with van der Waals surface area (Å²) >= 11 is 0. The molecule has 0 bridgehead atoms. The van der Waals surface area contributed by atoms with Crippen LogP contribution < -0.4 is 4.74 Å². The number of aromatic hydroxyl groups is 1. The fourth-order valence-electron chi connectivity index (χ4n) is 1.82. The van der Waals surface area contributed by atoms with Crippen molar-refractivity contribution in [3.8, 4) is 11.5 Å². The van der Waals surface area contributed by atoms with E-state index in [2.05, 4.69) is 4.74 Å². The molecule has 92 valence electrons. The lowest BCUT2D eigenvalue weighted by Crippen LogP contribution is -2.19. The second-order valence-corrected chi connectivity index (χ2v) is 3.94. The molecule has 2 rings (SSSR count). The third-order valence-corrected chi connectivity index (χ3v) is 2.87. The Balaban J connectivity index is 2.30. The molecule has 0 spiro atoms. The molecule has 1 saturated carbocycles. The van der Waals surface area contributed by atoms with Gasteiger partial charge in [0.1, 0.15) is 11.5 Å². The number of carboxylic acid groups (broad SMARTS) is 1. The monoisotopic (exact) mass is 244 g/mol. The Bertz CT molecular complexity index is 455. The molecule has 1 aliphatic carbocycles. The molecule has 0 radical (unpaired) electrons. The van der Waals surface area contributed by atoms with Gasteiger partial charge in [0.2, 0.25) is 0 Å². The van der Waals surface area contributed by atoms with Crippen molar-refractivity contribution in [1.29, 1.82) is 0 Å². The maximum Gasteiger partial charge on any atom is 0.387 e. The van der Waals surface area contributed by atoms with Gasteiger partial charge in [0.05, 0.1) is 5.41 Å². The Kier molecular flexibility index (Phi) is 2.65. The normalized spacial score (nSPS) is 16.9. The van der Waals surface area contributed by atoms with Crippen molar-refractivity contribution in [3.05, 3.63) is 23.8 Å². The summed E-state index contributed by atoms with van der Waals surface area (Å²) in [4.78, 5) is 11.0. The number of benzene rings is 1. The number of carbonyl (C=O) groups is 1. The zero-order valence-corrected chi connectivity index (χ0v) is 8.69. The third kappa shape index (κ3) is 2.02. The SMILES string of the molecule is O=C(O)C1(c2ccc(OC(F)F)cc2O)CC1. The van der Waals surface area contributed by atoms with E-state index in [9.17, 15) is 18.7 Å². The highest BCUT2D eigenvalue weighted by Gasteiger charge is 2.53. The minimum Gasteiger partial charge on any atom is -0.507 e. The maximum absolute atomic E-state index is 11.9. The van der Waals surface area contributed by atoms with Crippen molar-refractivity contribution in [3.63, 3.8) is 0 Å².